The molecule has 12 heavy (non-hydrogen) atoms. The van der Waals surface area contributed by atoms with Crippen molar-refractivity contribution < 1.29 is 5.21 Å². The second-order valence-corrected chi connectivity index (χ2v) is 2.08. The second kappa shape index (κ2) is 3.08. The van der Waals surface area contributed by atoms with Crippen LogP contribution in [0.1, 0.15) is 0 Å². The first-order valence-electron chi connectivity index (χ1n) is 3.16. The molecule has 1 aromatic carbocycles. The third-order valence-electron chi connectivity index (χ3n) is 1.41. The molecule has 5 nitrogen and oxygen atoms in total. The third kappa shape index (κ3) is 1.16. The van der Waals surface area contributed by atoms with Gasteiger partial charge in [0.25, 0.3) is 0 Å². The first kappa shape index (κ1) is 8.32. The highest BCUT2D eigenvalue weighted by Gasteiger charge is 1.97. The molecule has 0 aliphatic rings. The quantitative estimate of drug-likeness (QED) is 0.361. The predicted molar refractivity (Wildman–Crippen MR) is 40.2 cm³/mol. The molecule has 0 amide bonds. The van der Waals surface area contributed by atoms with Crippen LogP contribution in [0.4, 0.5) is 0 Å². The Balaban J connectivity index is 3.96. The van der Waals surface area contributed by atoms with Crippen molar-refractivity contribution in [3.8, 4) is 0 Å². The summed E-state index contributed by atoms with van der Waals surface area (Å²) in [6.07, 6.45) is 0. The molecule has 0 fully saturated rings. The van der Waals surface area contributed by atoms with Crippen molar-refractivity contribution in [3.63, 3.8) is 0 Å². The molecule has 0 unspecified atom stereocenters. The minimum absolute atomic E-state index is 0.171. The van der Waals surface area contributed by atoms with Crippen LogP contribution in [0.2, 0.25) is 0 Å². The molecule has 0 atom stereocenters. The first-order chi connectivity index (χ1) is 5.70. The Morgan fingerprint density at radius 3 is 2.50 bits per heavy atom. The summed E-state index contributed by atoms with van der Waals surface area (Å²) in [7, 11) is 1.33. The minimum atomic E-state index is -0.646. The molecule has 0 radical (unpaired) electrons. The zero-order valence-corrected chi connectivity index (χ0v) is 6.31. The van der Waals surface area contributed by atoms with E-state index in [9.17, 15) is 9.59 Å². The van der Waals surface area contributed by atoms with Gasteiger partial charge in [0.2, 0.25) is 10.9 Å². The van der Waals surface area contributed by atoms with Gasteiger partial charge in [-0.1, -0.05) is 5.16 Å². The predicted octanol–water partition coefficient (Wildman–Crippen LogP) is -1.90. The Kier molecular flexibility index (Phi) is 2.14. The zero-order valence-electron chi connectivity index (χ0n) is 6.31. The fourth-order valence-electron chi connectivity index (χ4n) is 0.833. The van der Waals surface area contributed by atoms with E-state index in [-0.39, 0.29) is 10.7 Å². The van der Waals surface area contributed by atoms with Crippen molar-refractivity contribution in [1.29, 1.82) is 0 Å². The molecule has 0 saturated heterocycles. The third-order valence-corrected chi connectivity index (χ3v) is 1.41. The lowest BCUT2D eigenvalue weighted by molar-refractivity contribution is 0.301. The van der Waals surface area contributed by atoms with Gasteiger partial charge < -0.3 is 5.21 Å². The summed E-state index contributed by atoms with van der Waals surface area (Å²) in [5.74, 6) is 0. The van der Waals surface area contributed by atoms with E-state index in [1.807, 2.05) is 0 Å². The van der Waals surface area contributed by atoms with Crippen molar-refractivity contribution in [3.05, 3.63) is 43.3 Å². The number of rotatable bonds is 0. The van der Waals surface area contributed by atoms with E-state index in [1.54, 1.807) is 0 Å². The van der Waals surface area contributed by atoms with Gasteiger partial charge in [-0.3, -0.25) is 14.6 Å². The number of benzene rings is 1. The summed E-state index contributed by atoms with van der Waals surface area (Å²) in [6.45, 7) is 0. The molecule has 0 bridgehead atoms. The maximum atomic E-state index is 11.1. The minimum Gasteiger partial charge on any atom is -0.410 e. The van der Waals surface area contributed by atoms with Gasteiger partial charge in [-0.05, 0) is 12.1 Å². The van der Waals surface area contributed by atoms with E-state index >= 15 is 0 Å². The van der Waals surface area contributed by atoms with Crippen LogP contribution in [-0.4, -0.2) is 12.3 Å². The van der Waals surface area contributed by atoms with Gasteiger partial charge in [0, 0.05) is 7.05 Å². The first-order valence-corrected chi connectivity index (χ1v) is 3.16. The van der Waals surface area contributed by atoms with E-state index in [0.717, 1.165) is 12.1 Å². The highest BCUT2D eigenvalue weighted by atomic mass is 16.4. The van der Waals surface area contributed by atoms with Gasteiger partial charge >= 0.3 is 0 Å². The van der Waals surface area contributed by atoms with Crippen LogP contribution in [0.5, 0.6) is 0 Å². The Morgan fingerprint density at radius 1 is 1.33 bits per heavy atom. The lowest BCUT2D eigenvalue weighted by Crippen LogP contribution is -2.46. The van der Waals surface area contributed by atoms with Gasteiger partial charge in [0.1, 0.15) is 0 Å². The van der Waals surface area contributed by atoms with Crippen molar-refractivity contribution in [2.45, 2.75) is 0 Å². The molecule has 0 aliphatic heterocycles. The molecule has 1 N–H and O–H groups in total. The maximum absolute atomic E-state index is 11.1. The van der Waals surface area contributed by atoms with E-state index in [2.05, 4.69) is 10.1 Å². The van der Waals surface area contributed by atoms with Crippen LogP contribution >= 0.6 is 0 Å². The van der Waals surface area contributed by atoms with Crippen LogP contribution < -0.4 is 21.6 Å². The van der Waals surface area contributed by atoms with Crippen molar-refractivity contribution in [2.75, 3.05) is 7.05 Å². The Bertz CT molecular complexity index is 495. The number of hydrogen-bond donors (Lipinski definition) is 1. The molecular formula is C7H6N2O3. The molecule has 5 heteroatoms. The van der Waals surface area contributed by atoms with Gasteiger partial charge in [-0.25, -0.2) is 0 Å². The second-order valence-electron chi connectivity index (χ2n) is 2.08. The molecule has 1 aromatic rings. The van der Waals surface area contributed by atoms with Crippen molar-refractivity contribution >= 4 is 0 Å². The van der Waals surface area contributed by atoms with Gasteiger partial charge in [-0.15, -0.1) is 0 Å². The van der Waals surface area contributed by atoms with Gasteiger partial charge in [0.15, 0.2) is 10.7 Å². The Labute approximate surface area is 66.7 Å². The highest BCUT2D eigenvalue weighted by molar-refractivity contribution is 5.01. The largest absolute Gasteiger partial charge is 0.410 e. The number of hydrogen-bond acceptors (Lipinski definition) is 5. The van der Waals surface area contributed by atoms with Crippen molar-refractivity contribution in [2.24, 2.45) is 10.1 Å². The van der Waals surface area contributed by atoms with E-state index < -0.39 is 10.9 Å². The zero-order chi connectivity index (χ0) is 9.14. The Morgan fingerprint density at radius 2 is 2.00 bits per heavy atom. The maximum Gasteiger partial charge on any atom is 0.236 e. The van der Waals surface area contributed by atoms with Crippen LogP contribution in [0.15, 0.2) is 31.9 Å². The van der Waals surface area contributed by atoms with Crippen LogP contribution in [0.3, 0.4) is 0 Å². The van der Waals surface area contributed by atoms with Crippen LogP contribution in [0, 0.1) is 0 Å². The summed E-state index contributed by atoms with van der Waals surface area (Å²) in [5, 5.41) is 10.6. The summed E-state index contributed by atoms with van der Waals surface area (Å²) in [6, 6.07) is 2.29. The summed E-state index contributed by atoms with van der Waals surface area (Å²) >= 11 is 0. The Hall–Kier alpha value is -1.78. The van der Waals surface area contributed by atoms with E-state index in [4.69, 9.17) is 5.21 Å². The summed E-state index contributed by atoms with van der Waals surface area (Å²) in [4.78, 5) is 25.5. The van der Waals surface area contributed by atoms with E-state index in [1.165, 1.54) is 7.05 Å². The molecule has 62 valence electrons. The van der Waals surface area contributed by atoms with Gasteiger partial charge in [-0.2, -0.15) is 0 Å². The molecule has 0 heterocycles. The molecule has 0 saturated carbocycles. The fourth-order valence-corrected chi connectivity index (χ4v) is 0.833. The monoisotopic (exact) mass is 166 g/mol. The molecular weight excluding hydrogens is 160 g/mol. The van der Waals surface area contributed by atoms with Crippen molar-refractivity contribution in [1.82, 2.24) is 0 Å². The van der Waals surface area contributed by atoms with Crippen LogP contribution in [0.25, 0.3) is 0 Å². The lowest BCUT2D eigenvalue weighted by atomic mass is 10.3. The summed E-state index contributed by atoms with van der Waals surface area (Å²) in [5.41, 5.74) is -1.11. The molecule has 0 aromatic heterocycles. The van der Waals surface area contributed by atoms with E-state index in [0.29, 0.717) is 0 Å². The smallest absolute Gasteiger partial charge is 0.236 e. The SMILES string of the molecule is CN=c1c(=O)cc/c(=N/O)c1=O. The fraction of sp³-hybridized carbons (Fsp3) is 0.143. The average molecular weight is 166 g/mol. The van der Waals surface area contributed by atoms with Gasteiger partial charge in [0.05, 0.1) is 0 Å². The normalized spacial score (nSPS) is 13.8. The van der Waals surface area contributed by atoms with Crippen LogP contribution in [-0.2, 0) is 0 Å². The number of nitrogens with zero attached hydrogens (tertiary/aromatic N) is 2. The standard InChI is InChI=1S/C7H6N2O3/c1-8-6-5(10)3-2-4(9-12)7(6)11/h2-3,12H,1H3/b8-6?,9-4-. The molecule has 1 rings (SSSR count). The average Bonchev–Trinajstić information content (AvgIpc) is 2.06. The topological polar surface area (TPSA) is 79.1 Å². The lowest BCUT2D eigenvalue weighted by Gasteiger charge is -1.80. The summed E-state index contributed by atoms with van der Waals surface area (Å²) < 4.78 is 0. The molecule has 0 spiro atoms. The molecule has 0 aliphatic carbocycles. The highest BCUT2D eigenvalue weighted by Crippen LogP contribution is 1.54.